The fraction of sp³-hybridized carbons (Fsp3) is 0.538. The van der Waals surface area contributed by atoms with Crippen LogP contribution in [0.4, 0.5) is 0 Å². The Labute approximate surface area is 111 Å². The fourth-order valence-corrected chi connectivity index (χ4v) is 2.44. The molecule has 0 radical (unpaired) electrons. The van der Waals surface area contributed by atoms with Gasteiger partial charge in [0.2, 0.25) is 5.88 Å². The molecular weight excluding hydrogens is 244 g/mol. The Kier molecular flexibility index (Phi) is 3.35. The van der Waals surface area contributed by atoms with Crippen LogP contribution in [-0.4, -0.2) is 39.5 Å². The average molecular weight is 262 g/mol. The fourth-order valence-electron chi connectivity index (χ4n) is 2.44. The van der Waals surface area contributed by atoms with E-state index in [9.17, 15) is 0 Å². The summed E-state index contributed by atoms with van der Waals surface area (Å²) in [6.07, 6.45) is 2.29. The van der Waals surface area contributed by atoms with Crippen LogP contribution in [0.15, 0.2) is 12.1 Å². The molecular formula is C13H18N4O2. The first-order valence-corrected chi connectivity index (χ1v) is 6.62. The zero-order valence-corrected chi connectivity index (χ0v) is 11.0. The van der Waals surface area contributed by atoms with Gasteiger partial charge in [-0.15, -0.1) is 0 Å². The highest BCUT2D eigenvalue weighted by Crippen LogP contribution is 2.24. The summed E-state index contributed by atoms with van der Waals surface area (Å²) < 4.78 is 7.22. The third-order valence-corrected chi connectivity index (χ3v) is 3.30. The Bertz CT molecular complexity index is 575. The minimum Gasteiger partial charge on any atom is -0.475 e. The van der Waals surface area contributed by atoms with Gasteiger partial charge in [0.05, 0.1) is 18.3 Å². The lowest BCUT2D eigenvalue weighted by Crippen LogP contribution is -2.13. The minimum atomic E-state index is -0.0127. The zero-order chi connectivity index (χ0) is 13.2. The van der Waals surface area contributed by atoms with Crippen molar-refractivity contribution < 1.29 is 9.84 Å². The minimum absolute atomic E-state index is 0.0127. The lowest BCUT2D eigenvalue weighted by atomic mass is 10.2. The molecule has 1 aliphatic heterocycles. The number of aryl methyl sites for hydroxylation is 1. The van der Waals surface area contributed by atoms with Gasteiger partial charge in [0, 0.05) is 17.8 Å². The molecule has 2 N–H and O–H groups in total. The number of nitrogens with zero attached hydrogens (tertiary/aromatic N) is 3. The molecule has 1 atom stereocenters. The number of rotatable bonds is 4. The van der Waals surface area contributed by atoms with Crippen molar-refractivity contribution in [3.8, 4) is 5.88 Å². The Morgan fingerprint density at radius 2 is 2.42 bits per heavy atom. The maximum absolute atomic E-state index is 8.87. The number of hydrogen-bond acceptors (Lipinski definition) is 5. The van der Waals surface area contributed by atoms with Crippen LogP contribution in [0.3, 0.4) is 0 Å². The smallest absolute Gasteiger partial charge is 0.218 e. The van der Waals surface area contributed by atoms with E-state index in [1.54, 1.807) is 4.52 Å². The molecule has 0 bridgehead atoms. The van der Waals surface area contributed by atoms with Gasteiger partial charge in [0.1, 0.15) is 6.61 Å². The van der Waals surface area contributed by atoms with Crippen LogP contribution in [0.25, 0.3) is 5.65 Å². The summed E-state index contributed by atoms with van der Waals surface area (Å²) in [7, 11) is 0. The molecule has 1 aliphatic rings. The highest BCUT2D eigenvalue weighted by molar-refractivity contribution is 5.44. The van der Waals surface area contributed by atoms with Crippen molar-refractivity contribution in [1.29, 1.82) is 0 Å². The lowest BCUT2D eigenvalue weighted by molar-refractivity contribution is 0.193. The second-order valence-electron chi connectivity index (χ2n) is 4.80. The molecule has 0 aliphatic carbocycles. The SMILES string of the molecule is Cc1cc(OCCO)n2nc(C3CCCN3)cc2n1. The zero-order valence-electron chi connectivity index (χ0n) is 11.0. The molecule has 0 spiro atoms. The second-order valence-corrected chi connectivity index (χ2v) is 4.80. The lowest BCUT2D eigenvalue weighted by Gasteiger charge is -2.07. The average Bonchev–Trinajstić information content (AvgIpc) is 3.03. The summed E-state index contributed by atoms with van der Waals surface area (Å²) in [4.78, 5) is 4.47. The molecule has 1 fully saturated rings. The van der Waals surface area contributed by atoms with Crippen LogP contribution in [0, 0.1) is 6.92 Å². The largest absolute Gasteiger partial charge is 0.475 e. The van der Waals surface area contributed by atoms with Gasteiger partial charge in [-0.3, -0.25) is 0 Å². The molecule has 3 rings (SSSR count). The number of ether oxygens (including phenoxy) is 1. The van der Waals surface area contributed by atoms with E-state index in [1.807, 2.05) is 19.1 Å². The molecule has 2 aromatic heterocycles. The molecule has 19 heavy (non-hydrogen) atoms. The first-order chi connectivity index (χ1) is 9.28. The van der Waals surface area contributed by atoms with Gasteiger partial charge in [-0.2, -0.15) is 9.61 Å². The Balaban J connectivity index is 2.00. The Hall–Kier alpha value is -1.66. The highest BCUT2D eigenvalue weighted by Gasteiger charge is 2.20. The van der Waals surface area contributed by atoms with Crippen LogP contribution >= 0.6 is 0 Å². The molecule has 6 nitrogen and oxygen atoms in total. The maximum atomic E-state index is 8.87. The highest BCUT2D eigenvalue weighted by atomic mass is 16.5. The first kappa shape index (κ1) is 12.4. The number of hydrogen-bond donors (Lipinski definition) is 2. The summed E-state index contributed by atoms with van der Waals surface area (Å²) in [5.74, 6) is 0.626. The number of nitrogens with one attached hydrogen (secondary N) is 1. The summed E-state index contributed by atoms with van der Waals surface area (Å²) >= 11 is 0. The van der Waals surface area contributed by atoms with Crippen molar-refractivity contribution in [3.05, 3.63) is 23.5 Å². The van der Waals surface area contributed by atoms with Gasteiger partial charge >= 0.3 is 0 Å². The van der Waals surface area contributed by atoms with Crippen molar-refractivity contribution >= 4 is 5.65 Å². The van der Waals surface area contributed by atoms with Gasteiger partial charge in [0.25, 0.3) is 0 Å². The van der Waals surface area contributed by atoms with E-state index < -0.39 is 0 Å². The normalized spacial score (nSPS) is 19.2. The summed E-state index contributed by atoms with van der Waals surface area (Å²) in [5, 5.41) is 16.9. The van der Waals surface area contributed by atoms with Gasteiger partial charge < -0.3 is 15.2 Å². The number of fused-ring (bicyclic) bond motifs is 1. The van der Waals surface area contributed by atoms with Crippen molar-refractivity contribution in [1.82, 2.24) is 19.9 Å². The predicted octanol–water partition coefficient (Wildman–Crippen LogP) is 0.833. The molecule has 6 heteroatoms. The standard InChI is InChI=1S/C13H18N4O2/c1-9-7-13(19-6-5-18)17-12(15-9)8-11(16-17)10-3-2-4-14-10/h7-8,10,14,18H,2-6H2,1H3. The Morgan fingerprint density at radius 1 is 1.53 bits per heavy atom. The van der Waals surface area contributed by atoms with Crippen LogP contribution in [0.1, 0.15) is 30.3 Å². The number of aliphatic hydroxyl groups excluding tert-OH is 1. The Morgan fingerprint density at radius 3 is 3.16 bits per heavy atom. The van der Waals surface area contributed by atoms with Gasteiger partial charge in [-0.25, -0.2) is 4.98 Å². The van der Waals surface area contributed by atoms with Crippen LogP contribution in [0.5, 0.6) is 5.88 Å². The van der Waals surface area contributed by atoms with E-state index >= 15 is 0 Å². The van der Waals surface area contributed by atoms with Crippen molar-refractivity contribution in [2.45, 2.75) is 25.8 Å². The molecule has 0 aromatic carbocycles. The van der Waals surface area contributed by atoms with E-state index in [-0.39, 0.29) is 13.2 Å². The summed E-state index contributed by atoms with van der Waals surface area (Å²) in [6, 6.07) is 4.15. The van der Waals surface area contributed by atoms with Crippen molar-refractivity contribution in [3.63, 3.8) is 0 Å². The molecule has 3 heterocycles. The first-order valence-electron chi connectivity index (χ1n) is 6.62. The number of aromatic nitrogens is 3. The second kappa shape index (κ2) is 5.14. The molecule has 2 aromatic rings. The summed E-state index contributed by atoms with van der Waals surface area (Å²) in [6.45, 7) is 3.21. The quantitative estimate of drug-likeness (QED) is 0.854. The van der Waals surface area contributed by atoms with Crippen molar-refractivity contribution in [2.75, 3.05) is 19.8 Å². The topological polar surface area (TPSA) is 71.7 Å². The van der Waals surface area contributed by atoms with E-state index in [0.717, 1.165) is 30.0 Å². The summed E-state index contributed by atoms with van der Waals surface area (Å²) in [5.41, 5.74) is 2.67. The predicted molar refractivity (Wildman–Crippen MR) is 70.3 cm³/mol. The van der Waals surface area contributed by atoms with Crippen LogP contribution < -0.4 is 10.1 Å². The van der Waals surface area contributed by atoms with Crippen molar-refractivity contribution in [2.24, 2.45) is 0 Å². The van der Waals surface area contributed by atoms with Crippen LogP contribution in [-0.2, 0) is 0 Å². The van der Waals surface area contributed by atoms with E-state index in [1.165, 1.54) is 6.42 Å². The third-order valence-electron chi connectivity index (χ3n) is 3.30. The van der Waals surface area contributed by atoms with Gasteiger partial charge in [-0.1, -0.05) is 0 Å². The third kappa shape index (κ3) is 2.41. The van der Waals surface area contributed by atoms with Crippen LogP contribution in [0.2, 0.25) is 0 Å². The van der Waals surface area contributed by atoms with Gasteiger partial charge in [0.15, 0.2) is 5.65 Å². The van der Waals surface area contributed by atoms with E-state index in [2.05, 4.69) is 15.4 Å². The van der Waals surface area contributed by atoms with E-state index in [4.69, 9.17) is 9.84 Å². The molecule has 1 unspecified atom stereocenters. The monoisotopic (exact) mass is 262 g/mol. The van der Waals surface area contributed by atoms with Gasteiger partial charge in [-0.05, 0) is 26.3 Å². The molecule has 102 valence electrons. The van der Waals surface area contributed by atoms with E-state index in [0.29, 0.717) is 11.9 Å². The molecule has 1 saturated heterocycles. The molecule has 0 amide bonds. The molecule has 0 saturated carbocycles. The maximum Gasteiger partial charge on any atom is 0.218 e. The number of aliphatic hydroxyl groups is 1.